The second-order valence-electron chi connectivity index (χ2n) is 3.35. The molecule has 0 aliphatic heterocycles. The van der Waals surface area contributed by atoms with Crippen molar-refractivity contribution in [1.82, 2.24) is 4.98 Å². The van der Waals surface area contributed by atoms with Crippen molar-refractivity contribution >= 4 is 5.78 Å². The first-order chi connectivity index (χ1) is 7.34. The van der Waals surface area contributed by atoms with Crippen molar-refractivity contribution in [3.63, 3.8) is 0 Å². The van der Waals surface area contributed by atoms with E-state index >= 15 is 0 Å². The van der Waals surface area contributed by atoms with Crippen molar-refractivity contribution in [3.8, 4) is 0 Å². The van der Waals surface area contributed by atoms with Gasteiger partial charge in [0.1, 0.15) is 5.69 Å². The van der Waals surface area contributed by atoms with E-state index in [0.717, 1.165) is 19.4 Å². The molecule has 0 bridgehead atoms. The highest BCUT2D eigenvalue weighted by atomic mass is 16.5. The van der Waals surface area contributed by atoms with Gasteiger partial charge in [-0.25, -0.2) is 0 Å². The highest BCUT2D eigenvalue weighted by Crippen LogP contribution is 1.99. The van der Waals surface area contributed by atoms with Crippen LogP contribution >= 0.6 is 0 Å². The SMILES string of the molecule is CCCCOCCC(=O)c1ccccn1. The number of carbonyl (C=O) groups excluding carboxylic acids is 1. The second kappa shape index (κ2) is 7.12. The lowest BCUT2D eigenvalue weighted by atomic mass is 10.2. The molecule has 0 radical (unpaired) electrons. The number of ketones is 1. The van der Waals surface area contributed by atoms with E-state index in [4.69, 9.17) is 4.74 Å². The summed E-state index contributed by atoms with van der Waals surface area (Å²) in [5, 5.41) is 0. The smallest absolute Gasteiger partial charge is 0.183 e. The molecular formula is C12H17NO2. The van der Waals surface area contributed by atoms with Crippen LogP contribution in [-0.2, 0) is 4.74 Å². The minimum atomic E-state index is 0.0482. The molecule has 0 fully saturated rings. The maximum absolute atomic E-state index is 11.5. The molecule has 0 unspecified atom stereocenters. The van der Waals surface area contributed by atoms with Crippen LogP contribution in [0.15, 0.2) is 24.4 Å². The lowest BCUT2D eigenvalue weighted by Gasteiger charge is -2.02. The zero-order valence-corrected chi connectivity index (χ0v) is 9.11. The van der Waals surface area contributed by atoms with E-state index in [1.807, 2.05) is 6.07 Å². The number of Topliss-reactive ketones (excluding diaryl/α,β-unsaturated/α-hetero) is 1. The van der Waals surface area contributed by atoms with Gasteiger partial charge in [0, 0.05) is 19.2 Å². The summed E-state index contributed by atoms with van der Waals surface area (Å²) in [6, 6.07) is 5.35. The molecule has 0 aliphatic rings. The van der Waals surface area contributed by atoms with Crippen molar-refractivity contribution in [3.05, 3.63) is 30.1 Å². The fourth-order valence-electron chi connectivity index (χ4n) is 1.17. The molecule has 0 amide bonds. The summed E-state index contributed by atoms with van der Waals surface area (Å²) in [5.74, 6) is 0.0482. The number of hydrogen-bond donors (Lipinski definition) is 0. The number of pyridine rings is 1. The minimum Gasteiger partial charge on any atom is -0.381 e. The number of unbranched alkanes of at least 4 members (excludes halogenated alkanes) is 1. The van der Waals surface area contributed by atoms with Crippen LogP contribution < -0.4 is 0 Å². The van der Waals surface area contributed by atoms with Crippen LogP contribution in [0.25, 0.3) is 0 Å². The molecule has 1 heterocycles. The maximum atomic E-state index is 11.5. The van der Waals surface area contributed by atoms with Gasteiger partial charge in [-0.2, -0.15) is 0 Å². The number of aromatic nitrogens is 1. The Balaban J connectivity index is 2.20. The lowest BCUT2D eigenvalue weighted by molar-refractivity contribution is 0.0869. The van der Waals surface area contributed by atoms with E-state index in [9.17, 15) is 4.79 Å². The van der Waals surface area contributed by atoms with E-state index in [2.05, 4.69) is 11.9 Å². The van der Waals surface area contributed by atoms with Crippen molar-refractivity contribution < 1.29 is 9.53 Å². The number of rotatable bonds is 7. The van der Waals surface area contributed by atoms with Crippen LogP contribution in [0, 0.1) is 0 Å². The summed E-state index contributed by atoms with van der Waals surface area (Å²) in [4.78, 5) is 15.5. The summed E-state index contributed by atoms with van der Waals surface area (Å²) in [6.45, 7) is 3.35. The molecule has 3 heteroatoms. The molecule has 1 rings (SSSR count). The number of nitrogens with zero attached hydrogens (tertiary/aromatic N) is 1. The van der Waals surface area contributed by atoms with Gasteiger partial charge in [-0.3, -0.25) is 9.78 Å². The Labute approximate surface area is 90.5 Å². The third-order valence-electron chi connectivity index (χ3n) is 2.07. The Morgan fingerprint density at radius 2 is 2.27 bits per heavy atom. The molecule has 0 aromatic carbocycles. The molecule has 1 aromatic heterocycles. The Hall–Kier alpha value is -1.22. The number of hydrogen-bond acceptors (Lipinski definition) is 3. The highest BCUT2D eigenvalue weighted by Gasteiger charge is 2.05. The van der Waals surface area contributed by atoms with Gasteiger partial charge in [0.2, 0.25) is 0 Å². The standard InChI is InChI=1S/C12H17NO2/c1-2-3-9-15-10-7-12(14)11-6-4-5-8-13-11/h4-6,8H,2-3,7,9-10H2,1H3. The van der Waals surface area contributed by atoms with E-state index in [0.29, 0.717) is 18.7 Å². The van der Waals surface area contributed by atoms with Gasteiger partial charge in [-0.15, -0.1) is 0 Å². The van der Waals surface area contributed by atoms with E-state index in [1.165, 1.54) is 0 Å². The quantitative estimate of drug-likeness (QED) is 0.509. The lowest BCUT2D eigenvalue weighted by Crippen LogP contribution is -2.06. The molecule has 0 spiro atoms. The first-order valence-corrected chi connectivity index (χ1v) is 5.36. The van der Waals surface area contributed by atoms with Crippen molar-refractivity contribution in [2.24, 2.45) is 0 Å². The predicted octanol–water partition coefficient (Wildman–Crippen LogP) is 2.47. The molecule has 0 atom stereocenters. The van der Waals surface area contributed by atoms with E-state index < -0.39 is 0 Å². The van der Waals surface area contributed by atoms with Gasteiger partial charge in [0.15, 0.2) is 5.78 Å². The van der Waals surface area contributed by atoms with Crippen LogP contribution in [-0.4, -0.2) is 24.0 Å². The molecule has 3 nitrogen and oxygen atoms in total. The van der Waals surface area contributed by atoms with Crippen LogP contribution in [0.5, 0.6) is 0 Å². The molecule has 82 valence electrons. The fourth-order valence-corrected chi connectivity index (χ4v) is 1.17. The average Bonchev–Trinajstić information content (AvgIpc) is 2.30. The number of ether oxygens (including phenoxy) is 1. The zero-order chi connectivity index (χ0) is 10.9. The highest BCUT2D eigenvalue weighted by molar-refractivity contribution is 5.94. The number of carbonyl (C=O) groups is 1. The van der Waals surface area contributed by atoms with E-state index in [1.54, 1.807) is 18.3 Å². The molecule has 0 N–H and O–H groups in total. The van der Waals surface area contributed by atoms with Crippen LogP contribution in [0.2, 0.25) is 0 Å². The van der Waals surface area contributed by atoms with Crippen molar-refractivity contribution in [2.45, 2.75) is 26.2 Å². The summed E-state index contributed by atoms with van der Waals surface area (Å²) >= 11 is 0. The molecule has 0 saturated heterocycles. The van der Waals surface area contributed by atoms with Gasteiger partial charge in [-0.1, -0.05) is 19.4 Å². The summed E-state index contributed by atoms with van der Waals surface area (Å²) in [7, 11) is 0. The minimum absolute atomic E-state index is 0.0482. The first-order valence-electron chi connectivity index (χ1n) is 5.36. The summed E-state index contributed by atoms with van der Waals surface area (Å²) < 4.78 is 5.32. The summed E-state index contributed by atoms with van der Waals surface area (Å²) in [5.41, 5.74) is 0.525. The zero-order valence-electron chi connectivity index (χ0n) is 9.11. The second-order valence-corrected chi connectivity index (χ2v) is 3.35. The van der Waals surface area contributed by atoms with Gasteiger partial charge >= 0.3 is 0 Å². The molecule has 1 aromatic rings. The molecule has 15 heavy (non-hydrogen) atoms. The van der Waals surface area contributed by atoms with Gasteiger partial charge in [-0.05, 0) is 18.6 Å². The van der Waals surface area contributed by atoms with Crippen LogP contribution in [0.1, 0.15) is 36.7 Å². The van der Waals surface area contributed by atoms with Crippen LogP contribution in [0.4, 0.5) is 0 Å². The first kappa shape index (κ1) is 11.9. The molecule has 0 saturated carbocycles. The largest absolute Gasteiger partial charge is 0.381 e. The molecular weight excluding hydrogens is 190 g/mol. The Morgan fingerprint density at radius 3 is 2.93 bits per heavy atom. The average molecular weight is 207 g/mol. The van der Waals surface area contributed by atoms with Crippen molar-refractivity contribution in [1.29, 1.82) is 0 Å². The Morgan fingerprint density at radius 1 is 1.40 bits per heavy atom. The third kappa shape index (κ3) is 4.70. The molecule has 0 aliphatic carbocycles. The topological polar surface area (TPSA) is 39.2 Å². The predicted molar refractivity (Wildman–Crippen MR) is 58.9 cm³/mol. The van der Waals surface area contributed by atoms with Gasteiger partial charge in [0.25, 0.3) is 0 Å². The maximum Gasteiger partial charge on any atom is 0.183 e. The van der Waals surface area contributed by atoms with Crippen molar-refractivity contribution in [2.75, 3.05) is 13.2 Å². The normalized spacial score (nSPS) is 10.2. The van der Waals surface area contributed by atoms with Crippen LogP contribution in [0.3, 0.4) is 0 Å². The third-order valence-corrected chi connectivity index (χ3v) is 2.07. The summed E-state index contributed by atoms with van der Waals surface area (Å²) in [6.07, 6.45) is 4.22. The van der Waals surface area contributed by atoms with Gasteiger partial charge < -0.3 is 4.74 Å². The monoisotopic (exact) mass is 207 g/mol. The Kier molecular flexibility index (Phi) is 5.63. The Bertz CT molecular complexity index is 285. The van der Waals surface area contributed by atoms with Gasteiger partial charge in [0.05, 0.1) is 6.61 Å². The van der Waals surface area contributed by atoms with E-state index in [-0.39, 0.29) is 5.78 Å². The fraction of sp³-hybridized carbons (Fsp3) is 0.500.